The first-order valence-electron chi connectivity index (χ1n) is 36.5. The first-order valence-corrected chi connectivity index (χ1v) is 37.7. The first kappa shape index (κ1) is 74.6. The van der Waals surface area contributed by atoms with E-state index in [9.17, 15) is 0 Å². The van der Waals surface area contributed by atoms with Gasteiger partial charge in [0, 0.05) is 24.8 Å². The second-order valence-electron chi connectivity index (χ2n) is 26.3. The maximum Gasteiger partial charge on any atom is 0.119 e. The summed E-state index contributed by atoms with van der Waals surface area (Å²) in [5.41, 5.74) is 5.60. The van der Waals surface area contributed by atoms with Gasteiger partial charge in [-0.25, -0.2) is 0 Å². The lowest BCUT2D eigenvalue weighted by Gasteiger charge is -2.33. The van der Waals surface area contributed by atoms with Gasteiger partial charge in [0.25, 0.3) is 0 Å². The molecule has 0 saturated carbocycles. The Kier molecular flexibility index (Phi) is 45.2. The Hall–Kier alpha value is -1.89. The maximum atomic E-state index is 7.02. The van der Waals surface area contributed by atoms with Gasteiger partial charge in [-0.1, -0.05) is 380 Å². The Bertz CT molecular complexity index is 1850. The van der Waals surface area contributed by atoms with Crippen molar-refractivity contribution in [3.63, 3.8) is 0 Å². The van der Waals surface area contributed by atoms with Gasteiger partial charge in [0.1, 0.15) is 16.7 Å². The maximum absolute atomic E-state index is 7.02. The molecule has 0 fully saturated rings. The van der Waals surface area contributed by atoms with Crippen LogP contribution in [0.15, 0.2) is 66.7 Å². The molecule has 0 aliphatic heterocycles. The molecule has 0 saturated heterocycles. The predicted molar refractivity (Wildman–Crippen MR) is 371 cm³/mol. The minimum atomic E-state index is -0.526. The van der Waals surface area contributed by atoms with Crippen molar-refractivity contribution in [1.29, 1.82) is 0 Å². The highest BCUT2D eigenvalue weighted by atomic mass is 79.9. The van der Waals surface area contributed by atoms with E-state index in [-0.39, 0.29) is 0 Å². The molecule has 0 heterocycles. The smallest absolute Gasteiger partial charge is 0.119 e. The molecule has 1 unspecified atom stereocenters. The summed E-state index contributed by atoms with van der Waals surface area (Å²) < 4.78 is 26.7. The Labute approximate surface area is 533 Å². The first-order chi connectivity index (χ1) is 41.5. The Morgan fingerprint density at radius 3 is 0.964 bits per heavy atom. The van der Waals surface area contributed by atoms with Gasteiger partial charge in [0.05, 0.1) is 25.2 Å². The lowest BCUT2D eigenvalue weighted by Crippen LogP contribution is -2.43. The topological polar surface area (TPSA) is 36.9 Å². The van der Waals surface area contributed by atoms with E-state index in [1.165, 1.54) is 311 Å². The Morgan fingerprint density at radius 1 is 0.333 bits per heavy atom. The molecule has 1 aliphatic rings. The van der Waals surface area contributed by atoms with E-state index in [0.717, 1.165) is 55.4 Å². The fourth-order valence-electron chi connectivity index (χ4n) is 12.9. The third-order valence-corrected chi connectivity index (χ3v) is 20.0. The Balaban J connectivity index is 1.31. The summed E-state index contributed by atoms with van der Waals surface area (Å²) in [6.07, 6.45) is 65.7. The number of hydrogen-bond donors (Lipinski definition) is 0. The molecule has 4 nitrogen and oxygen atoms in total. The van der Waals surface area contributed by atoms with Crippen LogP contribution in [0, 0.1) is 5.41 Å². The van der Waals surface area contributed by atoms with Crippen molar-refractivity contribution in [2.75, 3.05) is 46.2 Å². The van der Waals surface area contributed by atoms with Crippen LogP contribution in [-0.2, 0) is 18.5 Å². The van der Waals surface area contributed by atoms with Crippen molar-refractivity contribution < 1.29 is 18.9 Å². The molecule has 0 N–H and O–H groups in total. The van der Waals surface area contributed by atoms with E-state index in [2.05, 4.69) is 91.3 Å². The van der Waals surface area contributed by atoms with Gasteiger partial charge in [-0.2, -0.15) is 0 Å². The van der Waals surface area contributed by atoms with Gasteiger partial charge in [0.2, 0.25) is 0 Å². The summed E-state index contributed by atoms with van der Waals surface area (Å²) in [5, 5.41) is 0.737. The molecule has 84 heavy (non-hydrogen) atoms. The van der Waals surface area contributed by atoms with Crippen molar-refractivity contribution in [3.05, 3.63) is 88.4 Å². The van der Waals surface area contributed by atoms with E-state index >= 15 is 0 Å². The fraction of sp³-hybridized carbons (Fsp3) is 0.769. The van der Waals surface area contributed by atoms with Crippen molar-refractivity contribution in [2.24, 2.45) is 5.41 Å². The molecule has 1 aliphatic carbocycles. The van der Waals surface area contributed by atoms with Crippen LogP contribution in [0.2, 0.25) is 5.02 Å². The van der Waals surface area contributed by atoms with Gasteiger partial charge in [-0.15, -0.1) is 0 Å². The van der Waals surface area contributed by atoms with Crippen molar-refractivity contribution in [3.8, 4) is 16.9 Å². The van der Waals surface area contributed by atoms with E-state index < -0.39 is 9.74 Å². The number of benzene rings is 3. The quantitative estimate of drug-likeness (QED) is 0.0417. The summed E-state index contributed by atoms with van der Waals surface area (Å²) in [7, 11) is 0. The second-order valence-corrected chi connectivity index (χ2v) is 27.9. The van der Waals surface area contributed by atoms with Crippen molar-refractivity contribution in [2.45, 2.75) is 333 Å². The number of hydrogen-bond acceptors (Lipinski definition) is 4. The minimum Gasteiger partial charge on any atom is -0.493 e. The van der Waals surface area contributed by atoms with Gasteiger partial charge < -0.3 is 18.9 Å². The Morgan fingerprint density at radius 2 is 0.631 bits per heavy atom. The van der Waals surface area contributed by atoms with Crippen LogP contribution < -0.4 is 4.74 Å². The molecule has 3 aromatic rings. The third kappa shape index (κ3) is 33.1. The summed E-state index contributed by atoms with van der Waals surface area (Å²) in [5.74, 6) is 0.858. The summed E-state index contributed by atoms with van der Waals surface area (Å²) >= 11 is 10.8. The molecule has 6 heteroatoms. The average molecular weight is 1250 g/mol. The lowest BCUT2D eigenvalue weighted by atomic mass is 9.89. The van der Waals surface area contributed by atoms with Gasteiger partial charge >= 0.3 is 0 Å². The predicted octanol–water partition coefficient (Wildman–Crippen LogP) is 26.2. The number of alkyl halides is 1. The SMILES string of the molecule is CCCCCCCCCCCCCCCCCCOCC(COCCCCCCCCCCCCCCCCCC)(COCCCCCCCCCCCCCCCCCC)COc1ccc2c(c1)C(Br)(c1ccc(Cl)cc1)c1ccccc1-2. The van der Waals surface area contributed by atoms with E-state index in [4.69, 9.17) is 30.5 Å². The normalized spacial score (nSPS) is 14.0. The van der Waals surface area contributed by atoms with Gasteiger partial charge in [0.15, 0.2) is 0 Å². The molecular formula is C78H130BrClO4. The zero-order valence-electron chi connectivity index (χ0n) is 55.1. The third-order valence-electron chi connectivity index (χ3n) is 18.4. The largest absolute Gasteiger partial charge is 0.493 e. The zero-order valence-corrected chi connectivity index (χ0v) is 57.5. The van der Waals surface area contributed by atoms with Crippen molar-refractivity contribution in [1.82, 2.24) is 0 Å². The molecule has 0 aromatic heterocycles. The molecule has 0 spiro atoms. The number of fused-ring (bicyclic) bond motifs is 3. The fourth-order valence-corrected chi connectivity index (χ4v) is 14.0. The molecule has 4 rings (SSSR count). The summed E-state index contributed by atoms with van der Waals surface area (Å²) in [6, 6.07) is 23.7. The molecule has 0 bridgehead atoms. The highest BCUT2D eigenvalue weighted by molar-refractivity contribution is 9.10. The number of rotatable bonds is 61. The van der Waals surface area contributed by atoms with E-state index in [1.54, 1.807) is 0 Å². The summed E-state index contributed by atoms with van der Waals surface area (Å²) in [6.45, 7) is 11.4. The average Bonchev–Trinajstić information content (AvgIpc) is 1.75. The molecule has 1 atom stereocenters. The highest BCUT2D eigenvalue weighted by Crippen LogP contribution is 2.57. The van der Waals surface area contributed by atoms with E-state index in [1.807, 2.05) is 12.1 Å². The number of halogens is 2. The molecule has 3 aromatic carbocycles. The monoisotopic (exact) mass is 1240 g/mol. The van der Waals surface area contributed by atoms with Crippen LogP contribution in [0.4, 0.5) is 0 Å². The minimum absolute atomic E-state index is 0.442. The van der Waals surface area contributed by atoms with Gasteiger partial charge in [-0.05, 0) is 71.3 Å². The number of unbranched alkanes of at least 4 members (excludes halogenated alkanes) is 45. The van der Waals surface area contributed by atoms with Crippen LogP contribution in [0.3, 0.4) is 0 Å². The molecule has 480 valence electrons. The van der Waals surface area contributed by atoms with Crippen LogP contribution >= 0.6 is 27.5 Å². The highest BCUT2D eigenvalue weighted by Gasteiger charge is 2.43. The molecule has 0 amide bonds. The van der Waals surface area contributed by atoms with Crippen LogP contribution in [0.1, 0.15) is 346 Å². The van der Waals surface area contributed by atoms with E-state index in [0.29, 0.717) is 26.4 Å². The van der Waals surface area contributed by atoms with Gasteiger partial charge in [-0.3, -0.25) is 0 Å². The zero-order chi connectivity index (χ0) is 59.5. The van der Waals surface area contributed by atoms with Crippen LogP contribution in [0.5, 0.6) is 5.75 Å². The van der Waals surface area contributed by atoms with Crippen molar-refractivity contribution >= 4 is 27.5 Å². The van der Waals surface area contributed by atoms with Crippen LogP contribution in [-0.4, -0.2) is 46.2 Å². The lowest BCUT2D eigenvalue weighted by molar-refractivity contribution is -0.0893. The molecular weight excluding hydrogens is 1120 g/mol. The standard InChI is InChI=1S/C78H130BrClO4/c1-4-7-10-13-16-19-22-25-28-31-34-37-40-43-46-51-62-81-66-77(67-82-63-52-47-44-41-38-35-32-29-26-23-20-17-14-11-8-5-2,68-83-64-53-48-45-42-39-36-33-30-27-24-21-18-15-12-9-6-3)69-84-72-60-61-74-73-54-49-50-55-75(73)78(79,76(74)65-72)70-56-58-71(80)59-57-70/h49-50,54-61,65H,4-48,51-53,62-64,66-69H2,1-3H3. The molecule has 0 radical (unpaired) electrons. The van der Waals surface area contributed by atoms with Crippen LogP contribution in [0.25, 0.3) is 11.1 Å². The number of ether oxygens (including phenoxy) is 4. The summed E-state index contributed by atoms with van der Waals surface area (Å²) in [4.78, 5) is 0. The second kappa shape index (κ2) is 50.9.